The van der Waals surface area contributed by atoms with Gasteiger partial charge in [0.25, 0.3) is 0 Å². The van der Waals surface area contributed by atoms with E-state index in [0.29, 0.717) is 0 Å². The zero-order valence-electron chi connectivity index (χ0n) is 10.9. The average molecular weight is 264 g/mol. The second-order valence-electron chi connectivity index (χ2n) is 5.10. The maximum Gasteiger partial charge on any atom is 0.227 e. The van der Waals surface area contributed by atoms with E-state index >= 15 is 0 Å². The summed E-state index contributed by atoms with van der Waals surface area (Å²) in [6.45, 7) is 2.12. The van der Waals surface area contributed by atoms with E-state index in [1.165, 1.54) is 4.90 Å². The number of carbonyl (C=O) groups is 1. The van der Waals surface area contributed by atoms with Crippen molar-refractivity contribution >= 4 is 5.91 Å². The van der Waals surface area contributed by atoms with Crippen LogP contribution in [0.15, 0.2) is 30.3 Å². The minimum atomic E-state index is -0.857. The normalized spacial score (nSPS) is 26.2. The summed E-state index contributed by atoms with van der Waals surface area (Å²) in [5.74, 6) is -0.521. The molecule has 4 unspecified atom stereocenters. The van der Waals surface area contributed by atoms with Gasteiger partial charge in [-0.05, 0) is 5.56 Å². The van der Waals surface area contributed by atoms with Gasteiger partial charge < -0.3 is 20.8 Å². The number of hydrogen-bond donors (Lipinski definition) is 3. The predicted molar refractivity (Wildman–Crippen MR) is 71.1 cm³/mol. The largest absolute Gasteiger partial charge is 0.388 e. The van der Waals surface area contributed by atoms with Crippen LogP contribution in [0, 0.1) is 5.92 Å². The molecule has 4 atom stereocenters. The molecule has 1 saturated heterocycles. The Morgan fingerprint density at radius 2 is 1.79 bits per heavy atom. The minimum Gasteiger partial charge on any atom is -0.388 e. The molecule has 1 amide bonds. The lowest BCUT2D eigenvalue weighted by atomic mass is 9.94. The number of rotatable bonds is 3. The molecule has 1 aliphatic heterocycles. The quantitative estimate of drug-likeness (QED) is 0.711. The zero-order valence-corrected chi connectivity index (χ0v) is 10.9. The smallest absolute Gasteiger partial charge is 0.227 e. The van der Waals surface area contributed by atoms with Crippen LogP contribution < -0.4 is 5.73 Å². The molecule has 19 heavy (non-hydrogen) atoms. The molecule has 1 aromatic rings. The molecular weight excluding hydrogens is 244 g/mol. The van der Waals surface area contributed by atoms with Crippen LogP contribution in [0.2, 0.25) is 0 Å². The van der Waals surface area contributed by atoms with Gasteiger partial charge >= 0.3 is 0 Å². The number of aliphatic hydroxyl groups is 2. The molecule has 2 rings (SSSR count). The maximum absolute atomic E-state index is 12.3. The Bertz CT molecular complexity index is 428. The monoisotopic (exact) mass is 264 g/mol. The van der Waals surface area contributed by atoms with E-state index in [9.17, 15) is 15.0 Å². The molecule has 0 radical (unpaired) electrons. The van der Waals surface area contributed by atoms with Gasteiger partial charge in [0.05, 0.1) is 18.1 Å². The maximum atomic E-state index is 12.3. The highest BCUT2D eigenvalue weighted by atomic mass is 16.3. The van der Waals surface area contributed by atoms with E-state index in [2.05, 4.69) is 0 Å². The Hall–Kier alpha value is -1.43. The summed E-state index contributed by atoms with van der Waals surface area (Å²) in [4.78, 5) is 13.7. The number of β-amino-alcohol motifs (C(OH)–C–C–N with tert-alkyl or cyclic N) is 2. The van der Waals surface area contributed by atoms with E-state index < -0.39 is 12.2 Å². The fourth-order valence-electron chi connectivity index (χ4n) is 2.35. The Kier molecular flexibility index (Phi) is 4.19. The summed E-state index contributed by atoms with van der Waals surface area (Å²) < 4.78 is 0. The van der Waals surface area contributed by atoms with Gasteiger partial charge in [0, 0.05) is 19.1 Å². The first-order valence-corrected chi connectivity index (χ1v) is 6.46. The lowest BCUT2D eigenvalue weighted by molar-refractivity contribution is -0.135. The van der Waals surface area contributed by atoms with Crippen LogP contribution in [0.3, 0.4) is 0 Å². The summed E-state index contributed by atoms with van der Waals surface area (Å²) in [6.07, 6.45) is -1.71. The van der Waals surface area contributed by atoms with Crippen molar-refractivity contribution in [2.75, 3.05) is 13.1 Å². The molecule has 0 aliphatic carbocycles. The van der Waals surface area contributed by atoms with Gasteiger partial charge in [-0.15, -0.1) is 0 Å². The Morgan fingerprint density at radius 1 is 1.26 bits per heavy atom. The average Bonchev–Trinajstić information content (AvgIpc) is 2.77. The van der Waals surface area contributed by atoms with E-state index in [4.69, 9.17) is 5.73 Å². The molecule has 1 aliphatic rings. The van der Waals surface area contributed by atoms with E-state index in [1.54, 1.807) is 6.92 Å². The number of hydrogen-bond acceptors (Lipinski definition) is 4. The Morgan fingerprint density at radius 3 is 2.32 bits per heavy atom. The van der Waals surface area contributed by atoms with Gasteiger partial charge in [0.15, 0.2) is 0 Å². The van der Waals surface area contributed by atoms with Gasteiger partial charge in [0.1, 0.15) is 0 Å². The van der Waals surface area contributed by atoms with Crippen LogP contribution in [0.1, 0.15) is 18.5 Å². The van der Waals surface area contributed by atoms with Gasteiger partial charge in [-0.1, -0.05) is 37.3 Å². The first-order chi connectivity index (χ1) is 9.00. The van der Waals surface area contributed by atoms with Gasteiger partial charge in [-0.2, -0.15) is 0 Å². The number of likely N-dealkylation sites (tertiary alicyclic amines) is 1. The van der Waals surface area contributed by atoms with Crippen molar-refractivity contribution in [1.82, 2.24) is 4.90 Å². The van der Waals surface area contributed by atoms with Crippen molar-refractivity contribution in [2.45, 2.75) is 25.2 Å². The standard InChI is InChI=1S/C14H20N2O3/c1-9(13(15)10-5-3-2-4-6-10)14(19)16-7-11(17)12(18)8-16/h2-6,9,11-13,17-18H,7-8,15H2,1H3. The summed E-state index contributed by atoms with van der Waals surface area (Å²) in [5.41, 5.74) is 7.01. The van der Waals surface area contributed by atoms with Crippen LogP contribution in [0.4, 0.5) is 0 Å². The number of amides is 1. The Labute approximate surface area is 112 Å². The van der Waals surface area contributed by atoms with Crippen molar-refractivity contribution < 1.29 is 15.0 Å². The number of benzene rings is 1. The third kappa shape index (κ3) is 2.94. The van der Waals surface area contributed by atoms with Crippen LogP contribution >= 0.6 is 0 Å². The van der Waals surface area contributed by atoms with Crippen molar-refractivity contribution in [2.24, 2.45) is 11.7 Å². The highest BCUT2D eigenvalue weighted by Gasteiger charge is 2.35. The SMILES string of the molecule is CC(C(=O)N1CC(O)C(O)C1)C(N)c1ccccc1. The van der Waals surface area contributed by atoms with Crippen LogP contribution in [-0.4, -0.2) is 46.3 Å². The molecule has 0 spiro atoms. The topological polar surface area (TPSA) is 86.8 Å². The molecule has 5 nitrogen and oxygen atoms in total. The first kappa shape index (κ1) is 14.0. The van der Waals surface area contributed by atoms with Crippen molar-refractivity contribution in [1.29, 1.82) is 0 Å². The van der Waals surface area contributed by atoms with E-state index in [1.807, 2.05) is 30.3 Å². The van der Waals surface area contributed by atoms with E-state index in [-0.39, 0.29) is 31.0 Å². The number of carbonyl (C=O) groups excluding carboxylic acids is 1. The van der Waals surface area contributed by atoms with Gasteiger partial charge in [0.2, 0.25) is 5.91 Å². The number of nitrogens with two attached hydrogens (primary N) is 1. The van der Waals surface area contributed by atoms with Gasteiger partial charge in [-0.3, -0.25) is 4.79 Å². The van der Waals surface area contributed by atoms with Crippen LogP contribution in [-0.2, 0) is 4.79 Å². The molecule has 0 bridgehead atoms. The molecule has 104 valence electrons. The lowest BCUT2D eigenvalue weighted by Gasteiger charge is -2.25. The fourth-order valence-corrected chi connectivity index (χ4v) is 2.35. The molecule has 1 aromatic carbocycles. The molecule has 5 heteroatoms. The Balaban J connectivity index is 2.03. The van der Waals surface area contributed by atoms with Crippen LogP contribution in [0.5, 0.6) is 0 Å². The minimum absolute atomic E-state index is 0.132. The first-order valence-electron chi connectivity index (χ1n) is 6.46. The fraction of sp³-hybridized carbons (Fsp3) is 0.500. The van der Waals surface area contributed by atoms with Crippen molar-refractivity contribution in [3.05, 3.63) is 35.9 Å². The summed E-state index contributed by atoms with van der Waals surface area (Å²) in [7, 11) is 0. The highest BCUT2D eigenvalue weighted by molar-refractivity contribution is 5.79. The lowest BCUT2D eigenvalue weighted by Crippen LogP contribution is -2.38. The predicted octanol–water partition coefficient (Wildman–Crippen LogP) is -0.113. The second-order valence-corrected chi connectivity index (χ2v) is 5.10. The molecule has 1 fully saturated rings. The van der Waals surface area contributed by atoms with Crippen molar-refractivity contribution in [3.63, 3.8) is 0 Å². The third-order valence-corrected chi connectivity index (χ3v) is 3.68. The van der Waals surface area contributed by atoms with E-state index in [0.717, 1.165) is 5.56 Å². The molecule has 1 heterocycles. The third-order valence-electron chi connectivity index (χ3n) is 3.68. The highest BCUT2D eigenvalue weighted by Crippen LogP contribution is 2.23. The number of nitrogens with zero attached hydrogens (tertiary/aromatic N) is 1. The molecule has 4 N–H and O–H groups in total. The second kappa shape index (κ2) is 5.69. The molecule has 0 saturated carbocycles. The zero-order chi connectivity index (χ0) is 14.0. The van der Waals surface area contributed by atoms with Gasteiger partial charge in [-0.25, -0.2) is 0 Å². The number of aliphatic hydroxyl groups excluding tert-OH is 2. The summed E-state index contributed by atoms with van der Waals surface area (Å²) in [6, 6.07) is 9.06. The molecular formula is C14H20N2O3. The molecule has 0 aromatic heterocycles. The van der Waals surface area contributed by atoms with Crippen LogP contribution in [0.25, 0.3) is 0 Å². The van der Waals surface area contributed by atoms with Crippen molar-refractivity contribution in [3.8, 4) is 0 Å². The summed E-state index contributed by atoms with van der Waals surface area (Å²) >= 11 is 0. The summed E-state index contributed by atoms with van der Waals surface area (Å²) in [5, 5.41) is 19.0.